The highest BCUT2D eigenvalue weighted by Gasteiger charge is 2.31. The summed E-state index contributed by atoms with van der Waals surface area (Å²) in [6.45, 7) is 7.28. The molecule has 7 nitrogen and oxygen atoms in total. The van der Waals surface area contributed by atoms with Gasteiger partial charge < -0.3 is 9.80 Å². The molecule has 0 radical (unpaired) electrons. The molecule has 3 aromatic rings. The minimum Gasteiger partial charge on any atom is -0.356 e. The Kier molecular flexibility index (Phi) is 4.73. The van der Waals surface area contributed by atoms with Gasteiger partial charge in [0.15, 0.2) is 5.65 Å². The predicted octanol–water partition coefficient (Wildman–Crippen LogP) is 3.71. The van der Waals surface area contributed by atoms with Gasteiger partial charge in [-0.1, -0.05) is 6.92 Å². The van der Waals surface area contributed by atoms with Gasteiger partial charge in [0.05, 0.1) is 23.4 Å². The van der Waals surface area contributed by atoms with Crippen molar-refractivity contribution in [2.24, 2.45) is 5.92 Å². The Bertz CT molecular complexity index is 1030. The maximum atomic E-state index is 13.0. The van der Waals surface area contributed by atoms with E-state index >= 15 is 0 Å². The number of carbonyl (C=O) groups excluding carboxylic acids is 1. The zero-order valence-corrected chi connectivity index (χ0v) is 17.7. The fourth-order valence-electron chi connectivity index (χ4n) is 4.57. The van der Waals surface area contributed by atoms with E-state index in [4.69, 9.17) is 10.1 Å². The van der Waals surface area contributed by atoms with Crippen molar-refractivity contribution in [3.05, 3.63) is 40.1 Å². The average Bonchev–Trinajstić information content (AvgIpc) is 3.47. The average molecular weight is 411 g/mol. The smallest absolute Gasteiger partial charge is 0.266 e. The van der Waals surface area contributed by atoms with Crippen LogP contribution in [0.5, 0.6) is 0 Å². The lowest BCUT2D eigenvalue weighted by Crippen LogP contribution is -2.38. The maximum absolute atomic E-state index is 13.0. The number of aromatic nitrogens is 4. The molecule has 2 aliphatic heterocycles. The standard InChI is InChI=1S/C21H26N6OS/c1-14-6-8-25(11-14)20-15(2)12-27-19(23-20)9-16(24-27)17-5-3-4-7-26(17)21(28)18-10-22-13-29-18/h9-10,12-14,17H,3-8,11H2,1-2H3/t14-,17-/m0/s1. The zero-order chi connectivity index (χ0) is 20.0. The molecule has 152 valence electrons. The lowest BCUT2D eigenvalue weighted by Gasteiger charge is -2.34. The topological polar surface area (TPSA) is 66.6 Å². The van der Waals surface area contributed by atoms with Gasteiger partial charge in [0.25, 0.3) is 5.91 Å². The van der Waals surface area contributed by atoms with Crippen LogP contribution in [-0.2, 0) is 0 Å². The van der Waals surface area contributed by atoms with Gasteiger partial charge in [-0.2, -0.15) is 5.10 Å². The van der Waals surface area contributed by atoms with E-state index in [-0.39, 0.29) is 11.9 Å². The largest absolute Gasteiger partial charge is 0.356 e. The number of rotatable bonds is 3. The monoisotopic (exact) mass is 410 g/mol. The molecular formula is C21H26N6OS. The van der Waals surface area contributed by atoms with E-state index < -0.39 is 0 Å². The number of fused-ring (bicyclic) bond motifs is 1. The lowest BCUT2D eigenvalue weighted by atomic mass is 9.99. The number of nitrogens with zero attached hydrogens (tertiary/aromatic N) is 6. The minimum atomic E-state index is -0.00406. The molecule has 1 amide bonds. The Labute approximate surface area is 174 Å². The van der Waals surface area contributed by atoms with Crippen molar-refractivity contribution in [1.29, 1.82) is 0 Å². The molecule has 0 saturated carbocycles. The first-order valence-corrected chi connectivity index (χ1v) is 11.3. The molecule has 0 aliphatic carbocycles. The van der Waals surface area contributed by atoms with Crippen molar-refractivity contribution in [2.45, 2.75) is 45.6 Å². The van der Waals surface area contributed by atoms with Crippen LogP contribution in [-0.4, -0.2) is 50.0 Å². The van der Waals surface area contributed by atoms with E-state index in [1.807, 2.05) is 9.42 Å². The van der Waals surface area contributed by atoms with E-state index in [9.17, 15) is 4.79 Å². The molecule has 29 heavy (non-hydrogen) atoms. The van der Waals surface area contributed by atoms with E-state index in [1.54, 1.807) is 11.7 Å². The minimum absolute atomic E-state index is 0.00406. The molecule has 0 N–H and O–H groups in total. The Morgan fingerprint density at radius 3 is 2.90 bits per heavy atom. The van der Waals surface area contributed by atoms with E-state index in [2.05, 4.69) is 36.0 Å². The fourth-order valence-corrected chi connectivity index (χ4v) is 5.15. The first kappa shape index (κ1) is 18.5. The van der Waals surface area contributed by atoms with Gasteiger partial charge in [-0.3, -0.25) is 9.78 Å². The molecular weight excluding hydrogens is 384 g/mol. The number of hydrogen-bond acceptors (Lipinski definition) is 6. The van der Waals surface area contributed by atoms with Crippen LogP contribution in [0.1, 0.15) is 59.6 Å². The maximum Gasteiger partial charge on any atom is 0.266 e. The van der Waals surface area contributed by atoms with Crippen molar-refractivity contribution in [3.8, 4) is 0 Å². The van der Waals surface area contributed by atoms with E-state index in [0.717, 1.165) is 61.6 Å². The van der Waals surface area contributed by atoms with Crippen LogP contribution < -0.4 is 4.90 Å². The van der Waals surface area contributed by atoms with Gasteiger partial charge in [-0.25, -0.2) is 9.50 Å². The van der Waals surface area contributed by atoms with Crippen LogP contribution in [0.4, 0.5) is 5.82 Å². The summed E-state index contributed by atoms with van der Waals surface area (Å²) in [5, 5.41) is 4.82. The molecule has 0 aromatic carbocycles. The van der Waals surface area contributed by atoms with Gasteiger partial charge >= 0.3 is 0 Å². The van der Waals surface area contributed by atoms with Crippen LogP contribution in [0.25, 0.3) is 5.65 Å². The summed E-state index contributed by atoms with van der Waals surface area (Å²) in [6.07, 6.45) is 8.02. The highest BCUT2D eigenvalue weighted by molar-refractivity contribution is 7.11. The zero-order valence-electron chi connectivity index (χ0n) is 16.9. The molecule has 0 spiro atoms. The Balaban J connectivity index is 1.48. The Morgan fingerprint density at radius 1 is 1.24 bits per heavy atom. The summed E-state index contributed by atoms with van der Waals surface area (Å²) in [6, 6.07) is 2.06. The summed E-state index contributed by atoms with van der Waals surface area (Å²) in [5.41, 5.74) is 4.64. The summed E-state index contributed by atoms with van der Waals surface area (Å²) in [7, 11) is 0. The van der Waals surface area contributed by atoms with Crippen molar-refractivity contribution in [2.75, 3.05) is 24.5 Å². The van der Waals surface area contributed by atoms with Crippen molar-refractivity contribution < 1.29 is 4.79 Å². The summed E-state index contributed by atoms with van der Waals surface area (Å²) >= 11 is 1.40. The molecule has 5 rings (SSSR count). The second kappa shape index (κ2) is 7.40. The highest BCUT2D eigenvalue weighted by Crippen LogP contribution is 2.33. The van der Waals surface area contributed by atoms with Gasteiger partial charge in [-0.05, 0) is 38.5 Å². The van der Waals surface area contributed by atoms with Gasteiger partial charge in [-0.15, -0.1) is 11.3 Å². The Hall–Kier alpha value is -2.48. The van der Waals surface area contributed by atoms with E-state index in [0.29, 0.717) is 10.8 Å². The van der Waals surface area contributed by atoms with Gasteiger partial charge in [0.2, 0.25) is 0 Å². The van der Waals surface area contributed by atoms with Crippen LogP contribution in [0.2, 0.25) is 0 Å². The molecule has 2 aliphatic rings. The van der Waals surface area contributed by atoms with E-state index in [1.165, 1.54) is 17.8 Å². The molecule has 0 unspecified atom stereocenters. The van der Waals surface area contributed by atoms with Crippen LogP contribution in [0, 0.1) is 12.8 Å². The second-order valence-electron chi connectivity index (χ2n) is 8.34. The SMILES string of the molecule is Cc1cn2nc([C@@H]3CCCCN3C(=O)c3cncs3)cc2nc1N1CC[C@H](C)C1. The van der Waals surface area contributed by atoms with Crippen LogP contribution >= 0.6 is 11.3 Å². The van der Waals surface area contributed by atoms with Crippen LogP contribution in [0.15, 0.2) is 24.0 Å². The molecule has 2 atom stereocenters. The fraction of sp³-hybridized carbons (Fsp3) is 0.524. The number of thiazole rings is 1. The first-order valence-electron chi connectivity index (χ1n) is 10.4. The number of piperidine rings is 1. The summed E-state index contributed by atoms with van der Waals surface area (Å²) < 4.78 is 1.87. The molecule has 0 bridgehead atoms. The first-order chi connectivity index (χ1) is 14.1. The number of anilines is 1. The number of carbonyl (C=O) groups is 1. The molecule has 8 heteroatoms. The quantitative estimate of drug-likeness (QED) is 0.659. The second-order valence-corrected chi connectivity index (χ2v) is 9.22. The summed E-state index contributed by atoms with van der Waals surface area (Å²) in [4.78, 5) is 27.1. The number of hydrogen-bond donors (Lipinski definition) is 0. The summed E-state index contributed by atoms with van der Waals surface area (Å²) in [5.74, 6) is 1.83. The number of likely N-dealkylation sites (tertiary alicyclic amines) is 1. The third-order valence-electron chi connectivity index (χ3n) is 6.10. The lowest BCUT2D eigenvalue weighted by molar-refractivity contribution is 0.0610. The number of aryl methyl sites for hydroxylation is 1. The number of amides is 1. The Morgan fingerprint density at radius 2 is 2.14 bits per heavy atom. The third-order valence-corrected chi connectivity index (χ3v) is 6.86. The molecule has 2 fully saturated rings. The molecule has 5 heterocycles. The van der Waals surface area contributed by atoms with Crippen molar-refractivity contribution in [1.82, 2.24) is 24.5 Å². The third kappa shape index (κ3) is 3.39. The van der Waals surface area contributed by atoms with Gasteiger partial charge in [0.1, 0.15) is 10.7 Å². The highest BCUT2D eigenvalue weighted by atomic mass is 32.1. The van der Waals surface area contributed by atoms with Crippen molar-refractivity contribution in [3.63, 3.8) is 0 Å². The van der Waals surface area contributed by atoms with Gasteiger partial charge in [0, 0.05) is 37.5 Å². The predicted molar refractivity (Wildman–Crippen MR) is 113 cm³/mol. The van der Waals surface area contributed by atoms with Crippen LogP contribution in [0.3, 0.4) is 0 Å². The van der Waals surface area contributed by atoms with Crippen molar-refractivity contribution >= 4 is 28.7 Å². The molecule has 3 aromatic heterocycles. The molecule has 2 saturated heterocycles. The normalized spacial score (nSPS) is 22.6.